The monoisotopic (exact) mass is 402 g/mol. The molecule has 1 aromatic rings. The number of ether oxygens (including phenoxy) is 2. The minimum absolute atomic E-state index is 0.0953. The number of hydrogen-bond donors (Lipinski definition) is 2. The zero-order valence-electron chi connectivity index (χ0n) is 16.9. The van der Waals surface area contributed by atoms with E-state index >= 15 is 0 Å². The summed E-state index contributed by atoms with van der Waals surface area (Å²) < 4.78 is 10.8. The minimum atomic E-state index is -0.559. The topological polar surface area (TPSA) is 93.7 Å². The Bertz CT molecular complexity index is 690. The van der Waals surface area contributed by atoms with E-state index in [4.69, 9.17) is 9.47 Å². The van der Waals surface area contributed by atoms with Gasteiger partial charge in [-0.25, -0.2) is 0 Å². The normalized spacial score (nSPS) is 20.7. The number of carbonyl (C=O) groups excluding carboxylic acids is 3. The molecule has 2 rings (SSSR count). The molecule has 0 saturated carbocycles. The summed E-state index contributed by atoms with van der Waals surface area (Å²) in [5.41, 5.74) is 0.818. The fraction of sp³-hybridized carbons (Fsp3) is 0.500. The van der Waals surface area contributed by atoms with Crippen molar-refractivity contribution in [3.8, 4) is 0 Å². The van der Waals surface area contributed by atoms with Gasteiger partial charge in [0.05, 0.1) is 19.1 Å². The van der Waals surface area contributed by atoms with Gasteiger partial charge in [-0.1, -0.05) is 42.5 Å². The second kappa shape index (κ2) is 12.7. The Hall–Kier alpha value is -2.67. The average Bonchev–Trinajstić information content (AvgIpc) is 2.72. The van der Waals surface area contributed by atoms with Crippen LogP contribution in [0.25, 0.3) is 0 Å². The first-order valence-electron chi connectivity index (χ1n) is 10.1. The highest BCUT2D eigenvalue weighted by atomic mass is 16.5. The molecule has 0 aromatic heterocycles. The van der Waals surface area contributed by atoms with E-state index in [0.717, 1.165) is 5.56 Å². The smallest absolute Gasteiger partial charge is 0.306 e. The predicted molar refractivity (Wildman–Crippen MR) is 109 cm³/mol. The molecule has 1 heterocycles. The zero-order chi connectivity index (χ0) is 20.9. The first-order valence-corrected chi connectivity index (χ1v) is 10.1. The molecule has 0 radical (unpaired) electrons. The van der Waals surface area contributed by atoms with E-state index < -0.39 is 12.0 Å². The van der Waals surface area contributed by atoms with Crippen molar-refractivity contribution < 1.29 is 23.9 Å². The Morgan fingerprint density at radius 2 is 2.03 bits per heavy atom. The number of rotatable bonds is 7. The van der Waals surface area contributed by atoms with Crippen molar-refractivity contribution in [1.29, 1.82) is 0 Å². The summed E-state index contributed by atoms with van der Waals surface area (Å²) in [5, 5.41) is 5.62. The average molecular weight is 402 g/mol. The van der Waals surface area contributed by atoms with Gasteiger partial charge in [0.25, 0.3) is 0 Å². The number of allylic oxidation sites excluding steroid dienone is 2. The number of cyclic esters (lactones) is 1. The first-order chi connectivity index (χ1) is 14.1. The highest BCUT2D eigenvalue weighted by molar-refractivity contribution is 5.86. The molecule has 7 heteroatoms. The molecule has 2 atom stereocenters. The van der Waals surface area contributed by atoms with Gasteiger partial charge in [-0.05, 0) is 25.3 Å². The number of benzene rings is 1. The maximum absolute atomic E-state index is 12.7. The molecule has 29 heavy (non-hydrogen) atoms. The minimum Gasteiger partial charge on any atom is -0.456 e. The van der Waals surface area contributed by atoms with Crippen LogP contribution in [0.2, 0.25) is 0 Å². The SMILES string of the molecule is CCOCCNC(=O)C[C@@H]1CC=CCCC(=O)O[C@H](c2ccccc2)CNC1=O. The Labute approximate surface area is 171 Å². The van der Waals surface area contributed by atoms with Crippen molar-refractivity contribution in [2.45, 2.75) is 38.7 Å². The molecule has 0 spiro atoms. The summed E-state index contributed by atoms with van der Waals surface area (Å²) in [4.78, 5) is 37.0. The lowest BCUT2D eigenvalue weighted by Crippen LogP contribution is -2.38. The molecule has 1 aliphatic heterocycles. The molecule has 0 saturated heterocycles. The van der Waals surface area contributed by atoms with Crippen LogP contribution in [-0.2, 0) is 23.9 Å². The van der Waals surface area contributed by atoms with Crippen LogP contribution in [-0.4, -0.2) is 44.1 Å². The summed E-state index contributed by atoms with van der Waals surface area (Å²) in [6.07, 6.45) is 4.49. The van der Waals surface area contributed by atoms with Gasteiger partial charge in [0, 0.05) is 26.0 Å². The van der Waals surface area contributed by atoms with Gasteiger partial charge in [0.1, 0.15) is 6.10 Å². The lowest BCUT2D eigenvalue weighted by atomic mass is 9.98. The molecule has 2 N–H and O–H groups in total. The molecule has 7 nitrogen and oxygen atoms in total. The van der Waals surface area contributed by atoms with Crippen molar-refractivity contribution in [3.63, 3.8) is 0 Å². The van der Waals surface area contributed by atoms with E-state index in [1.807, 2.05) is 49.4 Å². The number of amides is 2. The van der Waals surface area contributed by atoms with E-state index in [9.17, 15) is 14.4 Å². The van der Waals surface area contributed by atoms with Crippen molar-refractivity contribution in [3.05, 3.63) is 48.0 Å². The third-order valence-corrected chi connectivity index (χ3v) is 4.58. The van der Waals surface area contributed by atoms with Crippen LogP contribution in [0.5, 0.6) is 0 Å². The summed E-state index contributed by atoms with van der Waals surface area (Å²) >= 11 is 0. The third kappa shape index (κ3) is 8.48. The van der Waals surface area contributed by atoms with Crippen molar-refractivity contribution in [2.75, 3.05) is 26.3 Å². The highest BCUT2D eigenvalue weighted by Gasteiger charge is 2.24. The van der Waals surface area contributed by atoms with Crippen LogP contribution in [0.4, 0.5) is 0 Å². The number of nitrogens with one attached hydrogen (secondary N) is 2. The van der Waals surface area contributed by atoms with Crippen LogP contribution in [0.15, 0.2) is 42.5 Å². The van der Waals surface area contributed by atoms with E-state index in [2.05, 4.69) is 10.6 Å². The highest BCUT2D eigenvalue weighted by Crippen LogP contribution is 2.19. The molecule has 1 aliphatic rings. The Balaban J connectivity index is 2.01. The Kier molecular flexibility index (Phi) is 9.92. The number of esters is 1. The molecule has 158 valence electrons. The molecule has 0 aliphatic carbocycles. The third-order valence-electron chi connectivity index (χ3n) is 4.58. The number of carbonyl (C=O) groups is 3. The first kappa shape index (κ1) is 22.6. The fourth-order valence-electron chi connectivity index (χ4n) is 3.02. The van der Waals surface area contributed by atoms with E-state index in [1.54, 1.807) is 0 Å². The number of hydrogen-bond acceptors (Lipinski definition) is 5. The molecule has 1 aromatic carbocycles. The fourth-order valence-corrected chi connectivity index (χ4v) is 3.02. The van der Waals surface area contributed by atoms with Crippen molar-refractivity contribution in [1.82, 2.24) is 10.6 Å². The lowest BCUT2D eigenvalue weighted by molar-refractivity contribution is -0.150. The van der Waals surface area contributed by atoms with Crippen LogP contribution in [0.1, 0.15) is 44.3 Å². The summed E-state index contributed by atoms with van der Waals surface area (Å²) in [6, 6.07) is 9.32. The maximum atomic E-state index is 12.7. The van der Waals surface area contributed by atoms with Crippen molar-refractivity contribution in [2.24, 2.45) is 5.92 Å². The van der Waals surface area contributed by atoms with Crippen LogP contribution >= 0.6 is 0 Å². The van der Waals surface area contributed by atoms with E-state index in [1.165, 1.54) is 0 Å². The van der Waals surface area contributed by atoms with Gasteiger partial charge < -0.3 is 20.1 Å². The molecular formula is C22H30N2O5. The second-order valence-electron chi connectivity index (χ2n) is 6.83. The van der Waals surface area contributed by atoms with E-state index in [0.29, 0.717) is 32.6 Å². The summed E-state index contributed by atoms with van der Waals surface area (Å²) in [7, 11) is 0. The Morgan fingerprint density at radius 1 is 1.24 bits per heavy atom. The van der Waals surface area contributed by atoms with Gasteiger partial charge >= 0.3 is 5.97 Å². The zero-order valence-corrected chi connectivity index (χ0v) is 16.9. The van der Waals surface area contributed by atoms with E-state index in [-0.39, 0.29) is 37.2 Å². The molecule has 0 bridgehead atoms. The van der Waals surface area contributed by atoms with Crippen LogP contribution < -0.4 is 10.6 Å². The molecule has 0 fully saturated rings. The standard InChI is InChI=1S/C22H30N2O5/c1-2-28-14-13-23-20(25)15-18-11-7-4-8-12-21(26)29-19(16-24-22(18)27)17-9-5-3-6-10-17/h3-7,9-10,18-19H,2,8,11-16H2,1H3,(H,23,25)(H,24,27)/t18-,19-/m0/s1. The Morgan fingerprint density at radius 3 is 2.79 bits per heavy atom. The second-order valence-corrected chi connectivity index (χ2v) is 6.83. The molecule has 0 unspecified atom stereocenters. The van der Waals surface area contributed by atoms with Crippen LogP contribution in [0.3, 0.4) is 0 Å². The van der Waals surface area contributed by atoms with Gasteiger partial charge in [-0.2, -0.15) is 0 Å². The molecular weight excluding hydrogens is 372 g/mol. The summed E-state index contributed by atoms with van der Waals surface area (Å²) in [5.74, 6) is -1.20. The van der Waals surface area contributed by atoms with Gasteiger partial charge in [0.2, 0.25) is 11.8 Å². The maximum Gasteiger partial charge on any atom is 0.306 e. The van der Waals surface area contributed by atoms with Gasteiger partial charge in [-0.15, -0.1) is 0 Å². The van der Waals surface area contributed by atoms with Gasteiger partial charge in [0.15, 0.2) is 0 Å². The lowest BCUT2D eigenvalue weighted by Gasteiger charge is -2.21. The molecule has 2 amide bonds. The van der Waals surface area contributed by atoms with Gasteiger partial charge in [-0.3, -0.25) is 14.4 Å². The van der Waals surface area contributed by atoms with Crippen LogP contribution in [0, 0.1) is 5.92 Å². The summed E-state index contributed by atoms with van der Waals surface area (Å²) in [6.45, 7) is 3.52. The quantitative estimate of drug-likeness (QED) is 0.415. The predicted octanol–water partition coefficient (Wildman–Crippen LogP) is 2.29. The van der Waals surface area contributed by atoms with Crippen molar-refractivity contribution >= 4 is 17.8 Å². The largest absolute Gasteiger partial charge is 0.456 e.